The lowest BCUT2D eigenvalue weighted by Crippen LogP contribution is -2.40. The van der Waals surface area contributed by atoms with Gasteiger partial charge in [-0.2, -0.15) is 8.78 Å². The highest BCUT2D eigenvalue weighted by molar-refractivity contribution is 5.84. The van der Waals surface area contributed by atoms with E-state index in [4.69, 9.17) is 4.74 Å². The van der Waals surface area contributed by atoms with Crippen LogP contribution in [0.1, 0.15) is 23.5 Å². The maximum Gasteiger partial charge on any atom is 0.349 e. The van der Waals surface area contributed by atoms with Crippen molar-refractivity contribution in [2.75, 3.05) is 20.3 Å². The van der Waals surface area contributed by atoms with Crippen LogP contribution in [0.3, 0.4) is 0 Å². The van der Waals surface area contributed by atoms with E-state index >= 15 is 0 Å². The van der Waals surface area contributed by atoms with Crippen LogP contribution in [0.4, 0.5) is 8.78 Å². The summed E-state index contributed by atoms with van der Waals surface area (Å²) in [6.07, 6.45) is 0.373. The molecule has 0 saturated carbocycles. The first kappa shape index (κ1) is 18.9. The first-order valence-corrected chi connectivity index (χ1v) is 7.95. The second-order valence-electron chi connectivity index (χ2n) is 5.63. The number of halogens is 2. The van der Waals surface area contributed by atoms with Crippen LogP contribution >= 0.6 is 0 Å². The number of benzene rings is 2. The predicted molar refractivity (Wildman–Crippen MR) is 90.8 cm³/mol. The van der Waals surface area contributed by atoms with Crippen molar-refractivity contribution in [3.8, 4) is 5.75 Å². The second kappa shape index (κ2) is 8.58. The van der Waals surface area contributed by atoms with Gasteiger partial charge in [0.1, 0.15) is 5.75 Å². The molecule has 0 aliphatic heterocycles. The van der Waals surface area contributed by atoms with Gasteiger partial charge in [0.15, 0.2) is 0 Å². The summed E-state index contributed by atoms with van der Waals surface area (Å²) in [7, 11) is 1.44. The van der Waals surface area contributed by atoms with Crippen molar-refractivity contribution in [1.82, 2.24) is 5.32 Å². The zero-order chi connectivity index (χ0) is 18.3. The van der Waals surface area contributed by atoms with Gasteiger partial charge in [-0.1, -0.05) is 30.3 Å². The largest absolute Gasteiger partial charge is 0.497 e. The Morgan fingerprint density at radius 2 is 1.80 bits per heavy atom. The summed E-state index contributed by atoms with van der Waals surface area (Å²) in [5.74, 6) is -4.81. The number of ether oxygens (including phenoxy) is 1. The van der Waals surface area contributed by atoms with E-state index in [1.807, 2.05) is 30.3 Å². The number of hydrogen-bond donors (Lipinski definition) is 2. The molecule has 0 bridgehead atoms. The highest BCUT2D eigenvalue weighted by atomic mass is 19.3. The Balaban J connectivity index is 2.05. The van der Waals surface area contributed by atoms with E-state index in [1.165, 1.54) is 31.4 Å². The van der Waals surface area contributed by atoms with Crippen LogP contribution in [-0.2, 0) is 10.7 Å². The molecule has 0 aliphatic rings. The van der Waals surface area contributed by atoms with Crippen LogP contribution in [0.15, 0.2) is 54.6 Å². The molecule has 134 valence electrons. The monoisotopic (exact) mass is 349 g/mol. The van der Waals surface area contributed by atoms with Gasteiger partial charge in [0.05, 0.1) is 7.11 Å². The predicted octanol–water partition coefficient (Wildman–Crippen LogP) is 3.07. The number of rotatable bonds is 8. The van der Waals surface area contributed by atoms with E-state index in [1.54, 1.807) is 0 Å². The number of nitrogens with one attached hydrogen (secondary N) is 1. The minimum Gasteiger partial charge on any atom is -0.497 e. The Morgan fingerprint density at radius 3 is 2.36 bits per heavy atom. The quantitative estimate of drug-likeness (QED) is 0.770. The van der Waals surface area contributed by atoms with E-state index in [0.29, 0.717) is 12.2 Å². The van der Waals surface area contributed by atoms with E-state index in [0.717, 1.165) is 5.56 Å². The smallest absolute Gasteiger partial charge is 0.349 e. The summed E-state index contributed by atoms with van der Waals surface area (Å²) in [6.45, 7) is -0.0700. The number of carbonyl (C=O) groups excluding carboxylic acids is 1. The maximum absolute atomic E-state index is 14.3. The number of carbonyl (C=O) groups is 1. The molecule has 2 N–H and O–H groups in total. The number of aliphatic hydroxyl groups excluding tert-OH is 1. The van der Waals surface area contributed by atoms with Crippen molar-refractivity contribution in [2.24, 2.45) is 0 Å². The van der Waals surface area contributed by atoms with Crippen molar-refractivity contribution in [2.45, 2.75) is 18.3 Å². The summed E-state index contributed by atoms with van der Waals surface area (Å²) >= 11 is 0. The maximum atomic E-state index is 14.3. The standard InChI is InChI=1S/C19H21F2NO3/c1-25-17-9-7-16(8-10-17)19(20,21)18(24)22-13-15(11-12-23)14-5-3-2-4-6-14/h2-10,15,23H,11-13H2,1H3,(H,22,24). The molecule has 0 heterocycles. The lowest BCUT2D eigenvalue weighted by molar-refractivity contribution is -0.147. The lowest BCUT2D eigenvalue weighted by atomic mass is 9.96. The third-order valence-electron chi connectivity index (χ3n) is 4.00. The van der Waals surface area contributed by atoms with Gasteiger partial charge in [-0.3, -0.25) is 4.79 Å². The Kier molecular flexibility index (Phi) is 6.47. The molecule has 2 rings (SSSR count). The zero-order valence-electron chi connectivity index (χ0n) is 13.9. The fourth-order valence-electron chi connectivity index (χ4n) is 2.53. The van der Waals surface area contributed by atoms with Gasteiger partial charge < -0.3 is 15.2 Å². The summed E-state index contributed by atoms with van der Waals surface area (Å²) in [6, 6.07) is 14.3. The highest BCUT2D eigenvalue weighted by Crippen LogP contribution is 2.30. The number of alkyl halides is 2. The second-order valence-corrected chi connectivity index (χ2v) is 5.63. The van der Waals surface area contributed by atoms with E-state index in [2.05, 4.69) is 5.32 Å². The van der Waals surface area contributed by atoms with E-state index < -0.39 is 17.4 Å². The Bertz CT molecular complexity index is 675. The lowest BCUT2D eigenvalue weighted by Gasteiger charge is -2.20. The summed E-state index contributed by atoms with van der Waals surface area (Å²) in [5.41, 5.74) is 0.480. The average Bonchev–Trinajstić information content (AvgIpc) is 2.65. The zero-order valence-corrected chi connectivity index (χ0v) is 13.9. The van der Waals surface area contributed by atoms with Crippen LogP contribution in [0, 0.1) is 0 Å². The molecule has 0 saturated heterocycles. The third-order valence-corrected chi connectivity index (χ3v) is 4.00. The molecule has 1 atom stereocenters. The van der Waals surface area contributed by atoms with Crippen LogP contribution in [0.5, 0.6) is 5.75 Å². The van der Waals surface area contributed by atoms with Gasteiger partial charge in [0.2, 0.25) is 0 Å². The van der Waals surface area contributed by atoms with Crippen molar-refractivity contribution in [1.29, 1.82) is 0 Å². The molecule has 0 aliphatic carbocycles. The molecule has 0 aromatic heterocycles. The molecule has 0 spiro atoms. The molecule has 2 aromatic carbocycles. The van der Waals surface area contributed by atoms with Crippen LogP contribution in [-0.4, -0.2) is 31.3 Å². The Morgan fingerprint density at radius 1 is 1.16 bits per heavy atom. The van der Waals surface area contributed by atoms with Crippen LogP contribution in [0.2, 0.25) is 0 Å². The van der Waals surface area contributed by atoms with Crippen molar-refractivity contribution >= 4 is 5.91 Å². The van der Waals surface area contributed by atoms with E-state index in [9.17, 15) is 18.7 Å². The Labute approximate surface area is 145 Å². The fourth-order valence-corrected chi connectivity index (χ4v) is 2.53. The van der Waals surface area contributed by atoms with E-state index in [-0.39, 0.29) is 19.1 Å². The molecule has 2 aromatic rings. The van der Waals surface area contributed by atoms with Gasteiger partial charge >= 0.3 is 5.92 Å². The van der Waals surface area contributed by atoms with Crippen LogP contribution < -0.4 is 10.1 Å². The number of hydrogen-bond acceptors (Lipinski definition) is 3. The van der Waals surface area contributed by atoms with Crippen molar-refractivity contribution in [3.63, 3.8) is 0 Å². The van der Waals surface area contributed by atoms with Gasteiger partial charge in [0, 0.05) is 24.6 Å². The number of aliphatic hydroxyl groups is 1. The van der Waals surface area contributed by atoms with Gasteiger partial charge in [0.25, 0.3) is 5.91 Å². The molecule has 1 unspecified atom stereocenters. The number of amides is 1. The van der Waals surface area contributed by atoms with Crippen molar-refractivity contribution < 1.29 is 23.4 Å². The van der Waals surface area contributed by atoms with Gasteiger partial charge in [-0.05, 0) is 36.2 Å². The molecular weight excluding hydrogens is 328 g/mol. The van der Waals surface area contributed by atoms with Gasteiger partial charge in [-0.15, -0.1) is 0 Å². The normalized spacial score (nSPS) is 12.5. The first-order chi connectivity index (χ1) is 12.0. The number of methoxy groups -OCH3 is 1. The fraction of sp³-hybridized carbons (Fsp3) is 0.316. The average molecular weight is 349 g/mol. The SMILES string of the molecule is COc1ccc(C(F)(F)C(=O)NCC(CCO)c2ccccc2)cc1. The summed E-state index contributed by atoms with van der Waals surface area (Å²) in [5, 5.41) is 11.5. The summed E-state index contributed by atoms with van der Waals surface area (Å²) in [4.78, 5) is 12.0. The highest BCUT2D eigenvalue weighted by Gasteiger charge is 2.40. The molecule has 0 radical (unpaired) electrons. The Hall–Kier alpha value is -2.47. The minimum atomic E-state index is -3.65. The molecule has 0 fully saturated rings. The molecule has 6 heteroatoms. The molecule has 25 heavy (non-hydrogen) atoms. The van der Waals surface area contributed by atoms with Gasteiger partial charge in [-0.25, -0.2) is 0 Å². The van der Waals surface area contributed by atoms with Crippen molar-refractivity contribution in [3.05, 3.63) is 65.7 Å². The summed E-state index contributed by atoms with van der Waals surface area (Å²) < 4.78 is 33.6. The topological polar surface area (TPSA) is 58.6 Å². The van der Waals surface area contributed by atoms with Crippen LogP contribution in [0.25, 0.3) is 0 Å². The first-order valence-electron chi connectivity index (χ1n) is 7.95. The molecular formula is C19H21F2NO3. The third kappa shape index (κ3) is 4.76. The molecule has 4 nitrogen and oxygen atoms in total. The minimum absolute atomic E-state index is 0.0230. The molecule has 1 amide bonds.